The van der Waals surface area contributed by atoms with E-state index >= 15 is 0 Å². The fourth-order valence-corrected chi connectivity index (χ4v) is 2.57. The number of aromatic carboxylic acids is 1. The third-order valence-electron chi connectivity index (χ3n) is 3.61. The van der Waals surface area contributed by atoms with Crippen LogP contribution in [0.2, 0.25) is 0 Å². The van der Waals surface area contributed by atoms with E-state index in [1.54, 1.807) is 12.3 Å². The van der Waals surface area contributed by atoms with E-state index in [1.807, 2.05) is 29.7 Å². The highest BCUT2D eigenvalue weighted by Gasteiger charge is 2.14. The highest BCUT2D eigenvalue weighted by Crippen LogP contribution is 2.24. The maximum Gasteiger partial charge on any atom is 0.371 e. The summed E-state index contributed by atoms with van der Waals surface area (Å²) in [6.45, 7) is 3.89. The normalized spacial score (nSPS) is 11.0. The summed E-state index contributed by atoms with van der Waals surface area (Å²) < 4.78 is 7.18. The predicted molar refractivity (Wildman–Crippen MR) is 81.4 cm³/mol. The van der Waals surface area contributed by atoms with Crippen LogP contribution in [0, 0.1) is 6.92 Å². The number of carbonyl (C=O) groups excluding carboxylic acids is 1. The zero-order valence-corrected chi connectivity index (χ0v) is 12.3. The molecule has 0 aliphatic carbocycles. The molecule has 0 aliphatic rings. The van der Waals surface area contributed by atoms with E-state index in [-0.39, 0.29) is 11.5 Å². The van der Waals surface area contributed by atoms with Crippen LogP contribution in [0.25, 0.3) is 10.9 Å². The fourth-order valence-electron chi connectivity index (χ4n) is 2.57. The molecule has 0 bridgehead atoms. The lowest BCUT2D eigenvalue weighted by atomic mass is 10.1. The molecule has 5 heteroatoms. The molecule has 3 aromatic rings. The van der Waals surface area contributed by atoms with Crippen molar-refractivity contribution in [2.45, 2.75) is 20.4 Å². The third-order valence-corrected chi connectivity index (χ3v) is 3.61. The van der Waals surface area contributed by atoms with Gasteiger partial charge in [0.05, 0.1) is 6.54 Å². The second kappa shape index (κ2) is 5.18. The SMILES string of the molecule is CC(=O)c1cn(Cc2ccc(C(=O)O)o2)c2ccc(C)cc12. The minimum atomic E-state index is -1.09. The number of carboxylic acids is 1. The lowest BCUT2D eigenvalue weighted by Crippen LogP contribution is -1.97. The summed E-state index contributed by atoms with van der Waals surface area (Å²) in [6, 6.07) is 8.98. The molecule has 0 radical (unpaired) electrons. The molecule has 1 aromatic carbocycles. The van der Waals surface area contributed by atoms with Gasteiger partial charge >= 0.3 is 5.97 Å². The number of carboxylic acid groups (broad SMARTS) is 1. The van der Waals surface area contributed by atoms with E-state index in [4.69, 9.17) is 9.52 Å². The second-order valence-corrected chi connectivity index (χ2v) is 5.32. The number of rotatable bonds is 4. The Labute approximate surface area is 126 Å². The van der Waals surface area contributed by atoms with Crippen molar-refractivity contribution in [3.63, 3.8) is 0 Å². The Morgan fingerprint density at radius 2 is 2.00 bits per heavy atom. The molecule has 2 aromatic heterocycles. The highest BCUT2D eigenvalue weighted by molar-refractivity contribution is 6.07. The summed E-state index contributed by atoms with van der Waals surface area (Å²) >= 11 is 0. The standard InChI is InChI=1S/C17H15NO4/c1-10-3-5-15-13(7-10)14(11(2)19)9-18(15)8-12-4-6-16(22-12)17(20)21/h3-7,9H,8H2,1-2H3,(H,20,21). The van der Waals surface area contributed by atoms with Crippen LogP contribution in [0.3, 0.4) is 0 Å². The van der Waals surface area contributed by atoms with Crippen LogP contribution >= 0.6 is 0 Å². The number of Topliss-reactive ketones (excluding diaryl/α,β-unsaturated/α-hetero) is 1. The molecule has 0 saturated heterocycles. The Hall–Kier alpha value is -2.82. The van der Waals surface area contributed by atoms with Crippen molar-refractivity contribution in [3.8, 4) is 0 Å². The molecule has 0 fully saturated rings. The first-order valence-electron chi connectivity index (χ1n) is 6.88. The molecule has 1 N–H and O–H groups in total. The van der Waals surface area contributed by atoms with E-state index in [2.05, 4.69) is 0 Å². The van der Waals surface area contributed by atoms with Crippen molar-refractivity contribution in [1.29, 1.82) is 0 Å². The molecular weight excluding hydrogens is 282 g/mol. The van der Waals surface area contributed by atoms with E-state index in [0.717, 1.165) is 16.5 Å². The van der Waals surface area contributed by atoms with E-state index in [9.17, 15) is 9.59 Å². The van der Waals surface area contributed by atoms with Gasteiger partial charge in [-0.3, -0.25) is 4.79 Å². The van der Waals surface area contributed by atoms with Gasteiger partial charge in [-0.05, 0) is 38.1 Å². The topological polar surface area (TPSA) is 72.4 Å². The largest absolute Gasteiger partial charge is 0.475 e. The summed E-state index contributed by atoms with van der Waals surface area (Å²) in [5.41, 5.74) is 2.66. The molecule has 0 spiro atoms. The molecule has 0 atom stereocenters. The van der Waals surface area contributed by atoms with Gasteiger partial charge in [0.15, 0.2) is 5.78 Å². The fraction of sp³-hybridized carbons (Fsp3) is 0.176. The van der Waals surface area contributed by atoms with Crippen molar-refractivity contribution in [3.05, 3.63) is 59.2 Å². The molecule has 0 saturated carbocycles. The maximum absolute atomic E-state index is 11.8. The van der Waals surface area contributed by atoms with Crippen LogP contribution in [-0.4, -0.2) is 21.4 Å². The zero-order valence-electron chi connectivity index (χ0n) is 12.3. The summed E-state index contributed by atoms with van der Waals surface area (Å²) in [5.74, 6) is -0.650. The Bertz CT molecular complexity index is 885. The first-order valence-corrected chi connectivity index (χ1v) is 6.88. The van der Waals surface area contributed by atoms with Crippen LogP contribution in [-0.2, 0) is 6.54 Å². The van der Waals surface area contributed by atoms with Gasteiger partial charge in [0.1, 0.15) is 5.76 Å². The molecular formula is C17H15NO4. The average molecular weight is 297 g/mol. The maximum atomic E-state index is 11.8. The lowest BCUT2D eigenvalue weighted by molar-refractivity contribution is 0.0660. The minimum absolute atomic E-state index is 0.0000184. The number of fused-ring (bicyclic) bond motifs is 1. The first kappa shape index (κ1) is 14.1. The van der Waals surface area contributed by atoms with Crippen molar-refractivity contribution in [2.24, 2.45) is 0 Å². The van der Waals surface area contributed by atoms with Crippen LogP contribution in [0.4, 0.5) is 0 Å². The number of ketones is 1. The number of hydrogen-bond acceptors (Lipinski definition) is 3. The Kier molecular flexibility index (Phi) is 3.33. The predicted octanol–water partition coefficient (Wildman–Crippen LogP) is 3.49. The quantitative estimate of drug-likeness (QED) is 0.748. The number of benzene rings is 1. The van der Waals surface area contributed by atoms with E-state index in [1.165, 1.54) is 13.0 Å². The smallest absolute Gasteiger partial charge is 0.371 e. The van der Waals surface area contributed by atoms with Gasteiger partial charge in [0.2, 0.25) is 5.76 Å². The van der Waals surface area contributed by atoms with Gasteiger partial charge < -0.3 is 14.1 Å². The van der Waals surface area contributed by atoms with Crippen LogP contribution in [0.5, 0.6) is 0 Å². The average Bonchev–Trinajstić information content (AvgIpc) is 3.04. The van der Waals surface area contributed by atoms with Gasteiger partial charge in [0.25, 0.3) is 0 Å². The lowest BCUT2D eigenvalue weighted by Gasteiger charge is -2.03. The van der Waals surface area contributed by atoms with Gasteiger partial charge in [-0.2, -0.15) is 0 Å². The Morgan fingerprint density at radius 1 is 1.23 bits per heavy atom. The van der Waals surface area contributed by atoms with Crippen LogP contribution in [0.15, 0.2) is 40.9 Å². The number of aromatic nitrogens is 1. The number of furan rings is 1. The Morgan fingerprint density at radius 3 is 2.64 bits per heavy atom. The molecule has 112 valence electrons. The summed E-state index contributed by atoms with van der Waals surface area (Å²) in [4.78, 5) is 22.7. The zero-order chi connectivity index (χ0) is 15.9. The second-order valence-electron chi connectivity index (χ2n) is 5.32. The molecule has 0 unspecified atom stereocenters. The molecule has 3 rings (SSSR count). The molecule has 0 aliphatic heterocycles. The van der Waals surface area contributed by atoms with Crippen molar-refractivity contribution < 1.29 is 19.1 Å². The van der Waals surface area contributed by atoms with Gasteiger partial charge in [0, 0.05) is 22.7 Å². The number of carbonyl (C=O) groups is 2. The first-order chi connectivity index (χ1) is 10.5. The molecule has 22 heavy (non-hydrogen) atoms. The number of hydrogen-bond donors (Lipinski definition) is 1. The minimum Gasteiger partial charge on any atom is -0.475 e. The van der Waals surface area contributed by atoms with E-state index in [0.29, 0.717) is 17.9 Å². The molecule has 5 nitrogen and oxygen atoms in total. The number of nitrogens with zero attached hydrogens (tertiary/aromatic N) is 1. The summed E-state index contributed by atoms with van der Waals surface area (Å²) in [7, 11) is 0. The number of aryl methyl sites for hydroxylation is 1. The summed E-state index contributed by atoms with van der Waals surface area (Å²) in [6.07, 6.45) is 1.79. The molecule has 0 amide bonds. The molecule has 2 heterocycles. The Balaban J connectivity index is 2.06. The van der Waals surface area contributed by atoms with Crippen molar-refractivity contribution >= 4 is 22.7 Å². The third kappa shape index (κ3) is 2.41. The van der Waals surface area contributed by atoms with Crippen LogP contribution < -0.4 is 0 Å². The van der Waals surface area contributed by atoms with Crippen molar-refractivity contribution in [2.75, 3.05) is 0 Å². The monoisotopic (exact) mass is 297 g/mol. The van der Waals surface area contributed by atoms with Crippen LogP contribution in [0.1, 0.15) is 39.2 Å². The van der Waals surface area contributed by atoms with Gasteiger partial charge in [-0.1, -0.05) is 11.6 Å². The van der Waals surface area contributed by atoms with E-state index < -0.39 is 5.97 Å². The van der Waals surface area contributed by atoms with Gasteiger partial charge in [-0.25, -0.2) is 4.79 Å². The highest BCUT2D eigenvalue weighted by atomic mass is 16.4. The van der Waals surface area contributed by atoms with Crippen molar-refractivity contribution in [1.82, 2.24) is 4.57 Å². The van der Waals surface area contributed by atoms with Gasteiger partial charge in [-0.15, -0.1) is 0 Å². The summed E-state index contributed by atoms with van der Waals surface area (Å²) in [5, 5.41) is 9.80.